The number of benzene rings is 1. The number of fused-ring (bicyclic) bond motifs is 1. The van der Waals surface area contributed by atoms with Gasteiger partial charge < -0.3 is 9.73 Å². The zero-order valence-corrected chi connectivity index (χ0v) is 12.3. The van der Waals surface area contributed by atoms with Crippen molar-refractivity contribution in [3.8, 4) is 0 Å². The van der Waals surface area contributed by atoms with Crippen molar-refractivity contribution < 1.29 is 8.81 Å². The number of anilines is 1. The molecule has 1 aromatic carbocycles. The molecule has 0 aliphatic heterocycles. The van der Waals surface area contributed by atoms with Crippen LogP contribution in [0, 0.1) is 10.7 Å². The van der Waals surface area contributed by atoms with Gasteiger partial charge in [-0.25, -0.2) is 14.4 Å². The van der Waals surface area contributed by atoms with Gasteiger partial charge in [-0.2, -0.15) is 0 Å². The van der Waals surface area contributed by atoms with Crippen LogP contribution in [0.1, 0.15) is 18.5 Å². The Labute approximate surface area is 131 Å². The molecule has 0 radical (unpaired) electrons. The van der Waals surface area contributed by atoms with Gasteiger partial charge in [0.15, 0.2) is 5.82 Å². The number of rotatable bonds is 5. The summed E-state index contributed by atoms with van der Waals surface area (Å²) in [6.07, 6.45) is 3.24. The van der Waals surface area contributed by atoms with Crippen LogP contribution in [0.4, 0.5) is 16.1 Å². The highest BCUT2D eigenvalue weighted by Gasteiger charge is 2.07. The van der Waals surface area contributed by atoms with Crippen LogP contribution in [0.25, 0.3) is 23.1 Å². The number of aromatic nitrogens is 2. The molecule has 0 saturated carbocycles. The van der Waals surface area contributed by atoms with E-state index in [2.05, 4.69) is 20.5 Å². The molecular weight excluding hydrogens is 299 g/mol. The fourth-order valence-corrected chi connectivity index (χ4v) is 2.13. The molecule has 1 N–H and O–H groups in total. The normalized spacial score (nSPS) is 11.2. The van der Waals surface area contributed by atoms with E-state index in [0.29, 0.717) is 29.5 Å². The number of halogens is 1. The average molecular weight is 312 g/mol. The second kappa shape index (κ2) is 6.35. The maximum atomic E-state index is 13.4. The molecule has 0 aliphatic rings. The van der Waals surface area contributed by atoms with E-state index in [1.54, 1.807) is 24.3 Å². The molecule has 6 nitrogen and oxygen atoms in total. The highest BCUT2D eigenvalue weighted by Crippen LogP contribution is 2.22. The molecule has 3 rings (SSSR count). The van der Waals surface area contributed by atoms with E-state index in [0.717, 1.165) is 5.39 Å². The molecule has 7 heteroatoms. The largest absolute Gasteiger partial charge is 0.436 e. The number of nitrogens with one attached hydrogen (secondary N) is 1. The van der Waals surface area contributed by atoms with E-state index in [4.69, 9.17) is 4.42 Å². The van der Waals surface area contributed by atoms with Crippen LogP contribution in [-0.4, -0.2) is 16.5 Å². The van der Waals surface area contributed by atoms with Crippen LogP contribution in [0.5, 0.6) is 0 Å². The Morgan fingerprint density at radius 3 is 2.87 bits per heavy atom. The van der Waals surface area contributed by atoms with Crippen molar-refractivity contribution in [3.05, 3.63) is 52.6 Å². The molecule has 0 unspecified atom stereocenters. The van der Waals surface area contributed by atoms with Crippen molar-refractivity contribution in [1.29, 1.82) is 0 Å². The van der Waals surface area contributed by atoms with Crippen LogP contribution in [0.2, 0.25) is 0 Å². The molecule has 0 aliphatic carbocycles. The summed E-state index contributed by atoms with van der Waals surface area (Å²) in [4.78, 5) is 19.1. The topological polar surface area (TPSA) is 80.4 Å². The highest BCUT2D eigenvalue weighted by molar-refractivity contribution is 5.90. The van der Waals surface area contributed by atoms with E-state index < -0.39 is 0 Å². The van der Waals surface area contributed by atoms with Gasteiger partial charge >= 0.3 is 0 Å². The quantitative estimate of drug-likeness (QED) is 0.708. The second-order valence-electron chi connectivity index (χ2n) is 4.72. The fourth-order valence-electron chi connectivity index (χ4n) is 2.13. The third-order valence-electron chi connectivity index (χ3n) is 3.12. The summed E-state index contributed by atoms with van der Waals surface area (Å²) < 4.78 is 18.6. The SMILES string of the molecule is CCNc1nc(/C=C/c2ccc(N=O)o2)nc2cc(F)ccc12. The lowest BCUT2D eigenvalue weighted by Crippen LogP contribution is -2.03. The second-order valence-corrected chi connectivity index (χ2v) is 4.72. The fraction of sp³-hybridized carbons (Fsp3) is 0.125. The van der Waals surface area contributed by atoms with Crippen LogP contribution in [0.3, 0.4) is 0 Å². The summed E-state index contributed by atoms with van der Waals surface area (Å²) in [5.74, 6) is 1.12. The average Bonchev–Trinajstić information content (AvgIpc) is 3.01. The molecule has 0 amide bonds. The first-order chi connectivity index (χ1) is 11.2. The molecule has 0 fully saturated rings. The number of nitrogens with zero attached hydrogens (tertiary/aromatic N) is 3. The molecule has 0 spiro atoms. The molecule has 0 saturated heterocycles. The lowest BCUT2D eigenvalue weighted by molar-refractivity contribution is 0.567. The van der Waals surface area contributed by atoms with Crippen LogP contribution in [-0.2, 0) is 0 Å². The van der Waals surface area contributed by atoms with Crippen molar-refractivity contribution in [3.63, 3.8) is 0 Å². The Balaban J connectivity index is 2.00. The van der Waals surface area contributed by atoms with Crippen molar-refractivity contribution in [1.82, 2.24) is 9.97 Å². The van der Waals surface area contributed by atoms with Crippen LogP contribution < -0.4 is 5.32 Å². The summed E-state index contributed by atoms with van der Waals surface area (Å²) in [6.45, 7) is 2.63. The van der Waals surface area contributed by atoms with Gasteiger partial charge in [-0.1, -0.05) is 0 Å². The Kier molecular flexibility index (Phi) is 4.09. The van der Waals surface area contributed by atoms with E-state index >= 15 is 0 Å². The van der Waals surface area contributed by atoms with Gasteiger partial charge in [-0.15, -0.1) is 4.91 Å². The molecule has 2 aromatic heterocycles. The van der Waals surface area contributed by atoms with Crippen LogP contribution >= 0.6 is 0 Å². The summed E-state index contributed by atoms with van der Waals surface area (Å²) in [7, 11) is 0. The van der Waals surface area contributed by atoms with Crippen LogP contribution in [0.15, 0.2) is 39.9 Å². The third-order valence-corrected chi connectivity index (χ3v) is 3.12. The molecule has 23 heavy (non-hydrogen) atoms. The number of hydrogen-bond acceptors (Lipinski definition) is 6. The smallest absolute Gasteiger partial charge is 0.260 e. The van der Waals surface area contributed by atoms with Crippen molar-refractivity contribution in [2.75, 3.05) is 11.9 Å². The molecule has 0 atom stereocenters. The maximum absolute atomic E-state index is 13.4. The minimum Gasteiger partial charge on any atom is -0.436 e. The van der Waals surface area contributed by atoms with Gasteiger partial charge in [-0.3, -0.25) is 0 Å². The minimum atomic E-state index is -0.360. The van der Waals surface area contributed by atoms with Gasteiger partial charge in [0.05, 0.1) is 5.52 Å². The van der Waals surface area contributed by atoms with Crippen molar-refractivity contribution in [2.24, 2.45) is 5.18 Å². The van der Waals surface area contributed by atoms with Gasteiger partial charge in [0.25, 0.3) is 5.88 Å². The first-order valence-corrected chi connectivity index (χ1v) is 7.02. The molecule has 116 valence electrons. The zero-order valence-electron chi connectivity index (χ0n) is 12.3. The van der Waals surface area contributed by atoms with E-state index in [9.17, 15) is 9.30 Å². The Morgan fingerprint density at radius 2 is 2.13 bits per heavy atom. The van der Waals surface area contributed by atoms with Crippen molar-refractivity contribution in [2.45, 2.75) is 6.92 Å². The zero-order chi connectivity index (χ0) is 16.2. The monoisotopic (exact) mass is 312 g/mol. The standard InChI is InChI=1S/C16H13FN4O2/c1-2-18-16-12-6-3-10(17)9-13(12)19-14(20-16)7-4-11-5-8-15(21-22)23-11/h3-9H,2H2,1H3,(H,18,19,20)/b7-4+. The van der Waals surface area contributed by atoms with E-state index in [1.165, 1.54) is 18.2 Å². The number of furan rings is 1. The lowest BCUT2D eigenvalue weighted by atomic mass is 10.2. The summed E-state index contributed by atoms with van der Waals surface area (Å²) in [6, 6.07) is 7.45. The lowest BCUT2D eigenvalue weighted by Gasteiger charge is -2.07. The Hall–Kier alpha value is -3.09. The predicted octanol–water partition coefficient (Wildman–Crippen LogP) is 4.36. The Morgan fingerprint density at radius 1 is 1.26 bits per heavy atom. The highest BCUT2D eigenvalue weighted by atomic mass is 19.1. The van der Waals surface area contributed by atoms with Gasteiger partial charge in [0.2, 0.25) is 0 Å². The van der Waals surface area contributed by atoms with Gasteiger partial charge in [0.1, 0.15) is 17.4 Å². The molecular formula is C16H13FN4O2. The number of nitroso groups, excluding NO2 is 1. The molecule has 3 aromatic rings. The number of hydrogen-bond donors (Lipinski definition) is 1. The van der Waals surface area contributed by atoms with Gasteiger partial charge in [-0.05, 0) is 37.3 Å². The summed E-state index contributed by atoms with van der Waals surface area (Å²) in [5.41, 5.74) is 0.505. The summed E-state index contributed by atoms with van der Waals surface area (Å²) in [5, 5.41) is 6.58. The summed E-state index contributed by atoms with van der Waals surface area (Å²) >= 11 is 0. The molecule has 0 bridgehead atoms. The minimum absolute atomic E-state index is 0.000473. The van der Waals surface area contributed by atoms with Gasteiger partial charge in [0, 0.05) is 29.2 Å². The third kappa shape index (κ3) is 3.23. The first-order valence-electron chi connectivity index (χ1n) is 7.02. The van der Waals surface area contributed by atoms with E-state index in [-0.39, 0.29) is 11.7 Å². The predicted molar refractivity (Wildman–Crippen MR) is 86.8 cm³/mol. The first kappa shape index (κ1) is 14.8. The Bertz CT molecular complexity index is 889. The van der Waals surface area contributed by atoms with E-state index in [1.807, 2.05) is 6.92 Å². The molecule has 2 heterocycles. The maximum Gasteiger partial charge on any atom is 0.260 e. The van der Waals surface area contributed by atoms with Crippen molar-refractivity contribution >= 4 is 34.8 Å².